The smallest absolute Gasteiger partial charge is 0.254 e. The van der Waals surface area contributed by atoms with E-state index in [1.54, 1.807) is 22.4 Å². The van der Waals surface area contributed by atoms with Crippen LogP contribution in [0, 0.1) is 6.92 Å². The zero-order valence-corrected chi connectivity index (χ0v) is 23.5. The molecule has 0 aliphatic carbocycles. The minimum atomic E-state index is -0.876. The predicted octanol–water partition coefficient (Wildman–Crippen LogP) is 4.48. The molecule has 2 N–H and O–H groups in total. The van der Waals surface area contributed by atoms with Crippen molar-refractivity contribution in [2.24, 2.45) is 10.8 Å². The molecule has 0 saturated carbocycles. The van der Waals surface area contributed by atoms with Gasteiger partial charge >= 0.3 is 0 Å². The molecule has 206 valence electrons. The third-order valence-electron chi connectivity index (χ3n) is 7.09. The highest BCUT2D eigenvalue weighted by atomic mass is 32.1. The van der Waals surface area contributed by atoms with Crippen molar-refractivity contribution in [3.63, 3.8) is 0 Å². The van der Waals surface area contributed by atoms with Crippen LogP contribution in [0.2, 0.25) is 0 Å². The summed E-state index contributed by atoms with van der Waals surface area (Å²) in [6, 6.07) is 15.3. The van der Waals surface area contributed by atoms with E-state index in [-0.39, 0.29) is 17.8 Å². The van der Waals surface area contributed by atoms with Crippen LogP contribution < -0.4 is 5.73 Å². The van der Waals surface area contributed by atoms with Gasteiger partial charge in [0.05, 0.1) is 11.6 Å². The van der Waals surface area contributed by atoms with E-state index in [0.717, 1.165) is 29.1 Å². The molecule has 2 atom stereocenters. The van der Waals surface area contributed by atoms with E-state index in [9.17, 15) is 4.79 Å². The topological polar surface area (TPSA) is 123 Å². The Morgan fingerprint density at radius 1 is 1.18 bits per heavy atom. The number of aromatic nitrogens is 3. The van der Waals surface area contributed by atoms with Crippen LogP contribution in [-0.2, 0) is 16.7 Å². The summed E-state index contributed by atoms with van der Waals surface area (Å²) >= 11 is 1.60. The van der Waals surface area contributed by atoms with E-state index < -0.39 is 5.54 Å². The van der Waals surface area contributed by atoms with Gasteiger partial charge < -0.3 is 19.8 Å². The average molecular weight is 558 g/mol. The van der Waals surface area contributed by atoms with Gasteiger partial charge in [-0.25, -0.2) is 4.98 Å². The molecule has 40 heavy (non-hydrogen) atoms. The van der Waals surface area contributed by atoms with E-state index in [1.165, 1.54) is 0 Å². The van der Waals surface area contributed by atoms with Gasteiger partial charge in [-0.05, 0) is 56.9 Å². The summed E-state index contributed by atoms with van der Waals surface area (Å²) in [5, 5.41) is 17.8. The van der Waals surface area contributed by atoms with Gasteiger partial charge in [0.25, 0.3) is 5.91 Å². The van der Waals surface area contributed by atoms with Crippen LogP contribution >= 0.6 is 11.3 Å². The first-order valence-electron chi connectivity index (χ1n) is 13.2. The summed E-state index contributed by atoms with van der Waals surface area (Å²) in [6.07, 6.45) is 2.34. The van der Waals surface area contributed by atoms with Crippen LogP contribution in [-0.4, -0.2) is 57.2 Å². The number of nitrogens with two attached hydrogens (primary N) is 1. The molecule has 1 saturated heterocycles. The molecule has 4 heterocycles. The number of benzene rings is 2. The fourth-order valence-electron chi connectivity index (χ4n) is 5.13. The lowest BCUT2D eigenvalue weighted by atomic mass is 9.94. The van der Waals surface area contributed by atoms with Crippen molar-refractivity contribution in [1.29, 1.82) is 0 Å². The Balaban J connectivity index is 1.35. The summed E-state index contributed by atoms with van der Waals surface area (Å²) in [4.78, 5) is 20.5. The van der Waals surface area contributed by atoms with Crippen molar-refractivity contribution in [1.82, 2.24) is 25.1 Å². The van der Waals surface area contributed by atoms with Crippen LogP contribution in [0.15, 0.2) is 63.4 Å². The Hall–Kier alpha value is -4.09. The zero-order valence-electron chi connectivity index (χ0n) is 22.7. The van der Waals surface area contributed by atoms with Crippen LogP contribution in [0.3, 0.4) is 0 Å². The molecule has 2 aromatic heterocycles. The Morgan fingerprint density at radius 3 is 2.70 bits per heavy atom. The summed E-state index contributed by atoms with van der Waals surface area (Å²) < 4.78 is 11.9. The van der Waals surface area contributed by atoms with E-state index in [0.29, 0.717) is 48.2 Å². The standard InChI is InChI=1S/C29H31N7O3S/c1-18-16-40-26(31-18)23-10-7-11-36(23)27(37)22-13-20(12-21(14-22)25-34-35(3)17-38-25)24-32-33-28(39-24)29(2,30)15-19-8-5-4-6-9-19/h4-6,8-9,12-14,16,23H,7,10-11,15,17,30H2,1-3H3. The maximum absolute atomic E-state index is 13.9. The molecule has 2 unspecified atom stereocenters. The number of hydrazone groups is 1. The SMILES string of the molecule is Cc1csc(C2CCCN2C(=O)c2cc(C3=NN(C)CO3)cc(-c3nnc(C(C)(N)Cc4ccccc4)o3)c2)n1. The summed E-state index contributed by atoms with van der Waals surface area (Å²) in [5.41, 5.74) is 9.54. The molecule has 10 nitrogen and oxygen atoms in total. The second-order valence-electron chi connectivity index (χ2n) is 10.6. The number of likely N-dealkylation sites (tertiary alicyclic amines) is 1. The number of carbonyl (C=O) groups excluding carboxylic acids is 1. The van der Waals surface area contributed by atoms with E-state index in [4.69, 9.17) is 14.9 Å². The lowest BCUT2D eigenvalue weighted by Crippen LogP contribution is -2.35. The van der Waals surface area contributed by atoms with Gasteiger partial charge in [-0.15, -0.1) is 26.6 Å². The number of amides is 1. The molecule has 11 heteroatoms. The summed E-state index contributed by atoms with van der Waals surface area (Å²) in [6.45, 7) is 4.84. The number of hydrogen-bond donors (Lipinski definition) is 1. The molecular formula is C29H31N7O3S. The lowest BCUT2D eigenvalue weighted by molar-refractivity contribution is 0.0735. The van der Waals surface area contributed by atoms with Crippen LogP contribution in [0.1, 0.15) is 63.9 Å². The van der Waals surface area contributed by atoms with Crippen molar-refractivity contribution in [2.75, 3.05) is 20.3 Å². The average Bonchev–Trinajstić information content (AvgIpc) is 3.75. The molecule has 2 aliphatic heterocycles. The first kappa shape index (κ1) is 26.1. The third kappa shape index (κ3) is 5.22. The number of hydrogen-bond acceptors (Lipinski definition) is 10. The van der Waals surface area contributed by atoms with E-state index >= 15 is 0 Å². The predicted molar refractivity (Wildman–Crippen MR) is 152 cm³/mol. The Morgan fingerprint density at radius 2 is 1.98 bits per heavy atom. The summed E-state index contributed by atoms with van der Waals surface area (Å²) in [7, 11) is 1.83. The van der Waals surface area contributed by atoms with Gasteiger partial charge in [-0.1, -0.05) is 30.3 Å². The molecular weight excluding hydrogens is 526 g/mol. The molecule has 1 fully saturated rings. The fourth-order valence-corrected chi connectivity index (χ4v) is 6.07. The molecule has 4 aromatic rings. The lowest BCUT2D eigenvalue weighted by Gasteiger charge is -2.23. The highest BCUT2D eigenvalue weighted by molar-refractivity contribution is 7.09. The molecule has 2 aromatic carbocycles. The van der Waals surface area contributed by atoms with Crippen molar-refractivity contribution in [3.05, 3.63) is 87.2 Å². The van der Waals surface area contributed by atoms with E-state index in [2.05, 4.69) is 20.3 Å². The number of aryl methyl sites for hydroxylation is 1. The van der Waals surface area contributed by atoms with Gasteiger partial charge in [0.15, 0.2) is 6.73 Å². The monoisotopic (exact) mass is 557 g/mol. The Kier molecular flexibility index (Phi) is 6.85. The number of rotatable bonds is 7. The number of nitrogens with zero attached hydrogens (tertiary/aromatic N) is 6. The molecule has 0 radical (unpaired) electrons. The quantitative estimate of drug-likeness (QED) is 0.353. The van der Waals surface area contributed by atoms with Gasteiger partial charge in [-0.2, -0.15) is 0 Å². The van der Waals surface area contributed by atoms with Gasteiger partial charge in [0.1, 0.15) is 5.01 Å². The Labute approximate surface area is 236 Å². The molecule has 0 bridgehead atoms. The Bertz CT molecular complexity index is 1560. The third-order valence-corrected chi connectivity index (χ3v) is 8.15. The summed E-state index contributed by atoms with van der Waals surface area (Å²) in [5.74, 6) is 0.936. The molecule has 6 rings (SSSR count). The first-order chi connectivity index (χ1) is 19.3. The molecule has 2 aliphatic rings. The van der Waals surface area contributed by atoms with Crippen LogP contribution in [0.4, 0.5) is 0 Å². The largest absolute Gasteiger partial charge is 0.453 e. The number of carbonyl (C=O) groups is 1. The number of thiazole rings is 1. The molecule has 0 spiro atoms. The van der Waals surface area contributed by atoms with Crippen molar-refractivity contribution in [3.8, 4) is 11.5 Å². The van der Waals surface area contributed by atoms with Crippen molar-refractivity contribution in [2.45, 2.75) is 44.7 Å². The second-order valence-corrected chi connectivity index (χ2v) is 11.5. The van der Waals surface area contributed by atoms with Crippen molar-refractivity contribution >= 4 is 23.1 Å². The molecule has 1 amide bonds. The second kappa shape index (κ2) is 10.5. The van der Waals surface area contributed by atoms with E-state index in [1.807, 2.05) is 73.6 Å². The fraction of sp³-hybridized carbons (Fsp3) is 0.345. The first-order valence-corrected chi connectivity index (χ1v) is 14.1. The maximum Gasteiger partial charge on any atom is 0.254 e. The van der Waals surface area contributed by atoms with Crippen LogP contribution in [0.5, 0.6) is 0 Å². The van der Waals surface area contributed by atoms with Crippen molar-refractivity contribution < 1.29 is 13.9 Å². The van der Waals surface area contributed by atoms with Gasteiger partial charge in [-0.3, -0.25) is 9.80 Å². The highest BCUT2D eigenvalue weighted by Crippen LogP contribution is 2.36. The highest BCUT2D eigenvalue weighted by Gasteiger charge is 2.34. The minimum absolute atomic E-state index is 0.0459. The van der Waals surface area contributed by atoms with Gasteiger partial charge in [0.2, 0.25) is 17.7 Å². The maximum atomic E-state index is 13.9. The van der Waals surface area contributed by atoms with Crippen LogP contribution in [0.25, 0.3) is 11.5 Å². The number of ether oxygens (including phenoxy) is 1. The normalized spacial score (nSPS) is 18.5. The zero-order chi connectivity index (χ0) is 27.9. The van der Waals surface area contributed by atoms with Gasteiger partial charge in [0, 0.05) is 41.4 Å². The minimum Gasteiger partial charge on any atom is -0.453 e.